The minimum Gasteiger partial charge on any atom is -0.330 e. The average Bonchev–Trinajstić information content (AvgIpc) is 3.04. The zero-order valence-electron chi connectivity index (χ0n) is 27.9. The van der Waals surface area contributed by atoms with Crippen molar-refractivity contribution in [3.63, 3.8) is 0 Å². The third-order valence-corrected chi connectivity index (χ3v) is 8.05. The van der Waals surface area contributed by atoms with E-state index < -0.39 is 11.7 Å². The maximum Gasteiger partial charge on any atom is 0.416 e. The molecule has 0 radical (unpaired) electrons. The van der Waals surface area contributed by atoms with Gasteiger partial charge in [0, 0.05) is 25.0 Å². The number of rotatable bonds is 28. The number of allylic oxidation sites excluding steroid dienone is 1. The SMILES string of the molecule is NCCCNCCCNCC1=CC(CNCCCNCCCN)(CNCCCNCCCN)CC(c2ccc(C(F)(F)F)cc2)=C1. The molecule has 12 heteroatoms. The van der Waals surface area contributed by atoms with Crippen molar-refractivity contribution in [3.8, 4) is 0 Å². The fourth-order valence-corrected chi connectivity index (χ4v) is 5.57. The molecule has 0 spiro atoms. The summed E-state index contributed by atoms with van der Waals surface area (Å²) in [6, 6.07) is 5.61. The Morgan fingerprint density at radius 1 is 0.587 bits per heavy atom. The first-order chi connectivity index (χ1) is 22.3. The number of benzene rings is 1. The van der Waals surface area contributed by atoms with Gasteiger partial charge in [0.15, 0.2) is 0 Å². The molecule has 1 aromatic carbocycles. The molecule has 12 N–H and O–H groups in total. The van der Waals surface area contributed by atoms with Gasteiger partial charge in [-0.2, -0.15) is 13.2 Å². The van der Waals surface area contributed by atoms with Gasteiger partial charge in [-0.15, -0.1) is 0 Å². The minimum absolute atomic E-state index is 0.229. The summed E-state index contributed by atoms with van der Waals surface area (Å²) in [6.07, 6.45) is 6.83. The van der Waals surface area contributed by atoms with E-state index >= 15 is 0 Å². The van der Waals surface area contributed by atoms with Crippen LogP contribution >= 0.6 is 0 Å². The summed E-state index contributed by atoms with van der Waals surface area (Å²) in [4.78, 5) is 0. The first-order valence-corrected chi connectivity index (χ1v) is 17.3. The van der Waals surface area contributed by atoms with Gasteiger partial charge in [-0.05, 0) is 152 Å². The molecular weight excluding hydrogens is 591 g/mol. The minimum atomic E-state index is -4.36. The highest BCUT2D eigenvalue weighted by atomic mass is 19.4. The van der Waals surface area contributed by atoms with E-state index in [-0.39, 0.29) is 5.41 Å². The Kier molecular flexibility index (Phi) is 21.3. The lowest BCUT2D eigenvalue weighted by atomic mass is 9.74. The second-order valence-corrected chi connectivity index (χ2v) is 12.3. The summed E-state index contributed by atoms with van der Waals surface area (Å²) in [6.45, 7) is 12.5. The highest BCUT2D eigenvalue weighted by Gasteiger charge is 2.33. The van der Waals surface area contributed by atoms with E-state index in [2.05, 4.69) is 44.1 Å². The second kappa shape index (κ2) is 24.3. The lowest BCUT2D eigenvalue weighted by molar-refractivity contribution is -0.137. The van der Waals surface area contributed by atoms with Gasteiger partial charge in [-0.3, -0.25) is 0 Å². The van der Waals surface area contributed by atoms with Gasteiger partial charge >= 0.3 is 6.18 Å². The fraction of sp³-hybridized carbons (Fsp3) is 0.706. The van der Waals surface area contributed by atoms with E-state index in [1.807, 2.05) is 0 Å². The molecule has 264 valence electrons. The van der Waals surface area contributed by atoms with E-state index in [0.29, 0.717) is 26.2 Å². The number of alkyl halides is 3. The van der Waals surface area contributed by atoms with Gasteiger partial charge < -0.3 is 49.1 Å². The Bertz CT molecular complexity index is 948. The van der Waals surface area contributed by atoms with Crippen molar-refractivity contribution in [2.75, 3.05) is 98.2 Å². The molecule has 9 nitrogen and oxygen atoms in total. The molecule has 0 saturated heterocycles. The number of nitrogens with one attached hydrogen (secondary N) is 6. The zero-order valence-corrected chi connectivity index (χ0v) is 27.9. The number of nitrogens with two attached hydrogens (primary N) is 3. The van der Waals surface area contributed by atoms with Crippen molar-refractivity contribution < 1.29 is 13.2 Å². The molecule has 0 aromatic heterocycles. The van der Waals surface area contributed by atoms with Crippen molar-refractivity contribution in [2.24, 2.45) is 22.6 Å². The normalized spacial score (nSPS) is 14.8. The first-order valence-electron chi connectivity index (χ1n) is 17.3. The maximum atomic E-state index is 13.3. The van der Waals surface area contributed by atoms with Gasteiger partial charge in [0.05, 0.1) is 5.56 Å². The summed E-state index contributed by atoms with van der Waals surface area (Å²) in [5, 5.41) is 21.3. The van der Waals surface area contributed by atoms with Gasteiger partial charge in [-0.1, -0.05) is 24.3 Å². The van der Waals surface area contributed by atoms with Crippen LogP contribution in [0.1, 0.15) is 56.1 Å². The van der Waals surface area contributed by atoms with Crippen LogP contribution in [-0.2, 0) is 6.18 Å². The largest absolute Gasteiger partial charge is 0.416 e. The standard InChI is InChI=1S/C34H62F3N9/c35-34(36,37)32-9-7-30(8-10-32)31-23-29(26-44-20-4-17-41-14-1-11-38)24-33(25-31,27-45-21-5-18-42-15-2-12-39)28-46-22-6-19-43-16-3-13-40/h7-10,23-24,41-46H,1-6,11-22,25-28,38-40H2. The molecule has 0 amide bonds. The third kappa shape index (κ3) is 17.3. The van der Waals surface area contributed by atoms with Crippen LogP contribution in [-0.4, -0.2) is 98.2 Å². The number of hydrogen-bond acceptors (Lipinski definition) is 9. The summed E-state index contributed by atoms with van der Waals surface area (Å²) in [5.41, 5.74) is 19.0. The van der Waals surface area contributed by atoms with E-state index in [0.717, 1.165) is 134 Å². The summed E-state index contributed by atoms with van der Waals surface area (Å²) >= 11 is 0. The summed E-state index contributed by atoms with van der Waals surface area (Å²) < 4.78 is 40.0. The Morgan fingerprint density at radius 3 is 1.48 bits per heavy atom. The lowest BCUT2D eigenvalue weighted by Crippen LogP contribution is -2.44. The van der Waals surface area contributed by atoms with E-state index in [4.69, 9.17) is 17.2 Å². The molecule has 1 aromatic rings. The lowest BCUT2D eigenvalue weighted by Gasteiger charge is -2.37. The summed E-state index contributed by atoms with van der Waals surface area (Å²) in [7, 11) is 0. The van der Waals surface area contributed by atoms with Crippen LogP contribution in [0.2, 0.25) is 0 Å². The number of halogens is 3. The van der Waals surface area contributed by atoms with Gasteiger partial charge in [0.2, 0.25) is 0 Å². The highest BCUT2D eigenvalue weighted by Crippen LogP contribution is 2.39. The van der Waals surface area contributed by atoms with Crippen LogP contribution in [0.25, 0.3) is 5.57 Å². The van der Waals surface area contributed by atoms with Crippen molar-refractivity contribution >= 4 is 5.57 Å². The van der Waals surface area contributed by atoms with Gasteiger partial charge in [0.1, 0.15) is 0 Å². The second-order valence-electron chi connectivity index (χ2n) is 12.3. The molecule has 0 fully saturated rings. The predicted molar refractivity (Wildman–Crippen MR) is 187 cm³/mol. The molecule has 0 saturated carbocycles. The van der Waals surface area contributed by atoms with Crippen molar-refractivity contribution in [1.82, 2.24) is 31.9 Å². The van der Waals surface area contributed by atoms with Gasteiger partial charge in [0.25, 0.3) is 0 Å². The Balaban J connectivity index is 2.14. The monoisotopic (exact) mass is 654 g/mol. The van der Waals surface area contributed by atoms with Crippen LogP contribution in [0, 0.1) is 5.41 Å². The van der Waals surface area contributed by atoms with Crippen LogP contribution in [0.5, 0.6) is 0 Å². The van der Waals surface area contributed by atoms with Crippen molar-refractivity contribution in [2.45, 2.75) is 51.1 Å². The Labute approximate surface area is 275 Å². The Morgan fingerprint density at radius 2 is 1.02 bits per heavy atom. The topological polar surface area (TPSA) is 150 Å². The molecule has 0 aliphatic heterocycles. The third-order valence-electron chi connectivity index (χ3n) is 8.05. The number of hydrogen-bond donors (Lipinski definition) is 9. The molecule has 1 aliphatic rings. The zero-order chi connectivity index (χ0) is 33.4. The molecule has 2 rings (SSSR count). The molecule has 1 aliphatic carbocycles. The highest BCUT2D eigenvalue weighted by molar-refractivity contribution is 5.71. The van der Waals surface area contributed by atoms with E-state index in [9.17, 15) is 13.2 Å². The summed E-state index contributed by atoms with van der Waals surface area (Å²) in [5.74, 6) is 0. The molecule has 0 heterocycles. The molecule has 0 unspecified atom stereocenters. The van der Waals surface area contributed by atoms with Crippen LogP contribution in [0.4, 0.5) is 13.2 Å². The molecule has 46 heavy (non-hydrogen) atoms. The first kappa shape index (κ1) is 40.3. The van der Waals surface area contributed by atoms with E-state index in [1.54, 1.807) is 12.1 Å². The quantitative estimate of drug-likeness (QED) is 0.0621. The molecule has 0 bridgehead atoms. The van der Waals surface area contributed by atoms with Crippen molar-refractivity contribution in [3.05, 3.63) is 53.1 Å². The van der Waals surface area contributed by atoms with Crippen LogP contribution in [0.15, 0.2) is 42.0 Å². The van der Waals surface area contributed by atoms with Crippen LogP contribution < -0.4 is 49.1 Å². The van der Waals surface area contributed by atoms with Crippen molar-refractivity contribution in [1.29, 1.82) is 0 Å². The van der Waals surface area contributed by atoms with E-state index in [1.165, 1.54) is 12.1 Å². The maximum absolute atomic E-state index is 13.3. The Hall–Kier alpha value is -1.87. The smallest absolute Gasteiger partial charge is 0.330 e. The predicted octanol–water partition coefficient (Wildman–Crippen LogP) is 2.16. The van der Waals surface area contributed by atoms with Crippen LogP contribution in [0.3, 0.4) is 0 Å². The fourth-order valence-electron chi connectivity index (χ4n) is 5.57. The molecule has 0 atom stereocenters. The average molecular weight is 654 g/mol. The van der Waals surface area contributed by atoms with Gasteiger partial charge in [-0.25, -0.2) is 0 Å². The molecular formula is C34H62F3N9.